The van der Waals surface area contributed by atoms with Crippen LogP contribution >= 0.6 is 0 Å². The molecule has 2 amide bonds. The molecule has 2 fully saturated rings. The monoisotopic (exact) mass is 834 g/mol. The number of rotatable bonds is 28. The van der Waals surface area contributed by atoms with Crippen LogP contribution in [0.4, 0.5) is 5.69 Å². The van der Waals surface area contributed by atoms with Gasteiger partial charge in [-0.25, -0.2) is 0 Å². The van der Waals surface area contributed by atoms with Crippen LogP contribution in [-0.2, 0) is 52.4 Å². The average molecular weight is 835 g/mol. The number of amides is 2. The second-order valence-electron chi connectivity index (χ2n) is 12.4. The summed E-state index contributed by atoms with van der Waals surface area (Å²) in [5.41, 5.74) is 2.11. The molecular weight excluding hydrogens is 768 g/mol. The Hall–Kier alpha value is -3.64. The molecule has 0 spiro atoms. The topological polar surface area (TPSA) is 269 Å². The zero-order valence-electron chi connectivity index (χ0n) is 33.9. The summed E-state index contributed by atoms with van der Waals surface area (Å²) in [5.74, 6) is -0.667. The highest BCUT2D eigenvalue weighted by Gasteiger charge is 2.31. The van der Waals surface area contributed by atoms with Gasteiger partial charge >= 0.3 is 6.47 Å². The minimum atomic E-state index is -0.824. The zero-order chi connectivity index (χ0) is 43.2. The predicted molar refractivity (Wildman–Crippen MR) is 209 cm³/mol. The molecule has 20 heteroatoms. The molecule has 2 aliphatic rings. The third-order valence-corrected chi connectivity index (χ3v) is 7.63. The van der Waals surface area contributed by atoms with E-state index in [2.05, 4.69) is 30.7 Å². The molecule has 0 aromatic heterocycles. The highest BCUT2D eigenvalue weighted by Crippen LogP contribution is 2.17. The first-order valence-corrected chi connectivity index (χ1v) is 19.3. The van der Waals surface area contributed by atoms with E-state index < -0.39 is 24.0 Å². The standard InChI is InChI=1S/C25H43NO7.C7H15NO5.C5H5NO4.CH3N/c1-3-5-23(21-26-24-6-8-25(27)9-7-24)22-33-20-19-32-18-17-31-16-15-30-14-13-29-12-11-28-10-4-2;9-6-3-5(1-2-8(11)12)13-4-7(6)10;7-3-10-6-4(8)1-2-5(6)9;1-2/h6-9,21,26-27H,3-5,10-20,22H2,1-2H3;5-7,9-12H,1-4H2;3H,1-2H2;2H,1H2/b23-21+;;;. The first kappa shape index (κ1) is 54.4. The van der Waals surface area contributed by atoms with Crippen LogP contribution in [0.5, 0.6) is 5.75 Å². The van der Waals surface area contributed by atoms with Gasteiger partial charge in [0.05, 0.1) is 98.0 Å². The lowest BCUT2D eigenvalue weighted by atomic mass is 10.0. The summed E-state index contributed by atoms with van der Waals surface area (Å²) < 4.78 is 38.1. The van der Waals surface area contributed by atoms with Crippen molar-refractivity contribution in [2.24, 2.45) is 0 Å². The number of aliphatic hydroxyl groups excluding tert-OH is 2. The summed E-state index contributed by atoms with van der Waals surface area (Å²) in [6.45, 7) is 13.9. The molecule has 1 aromatic carbocycles. The van der Waals surface area contributed by atoms with Crippen molar-refractivity contribution in [3.8, 4) is 5.75 Å². The van der Waals surface area contributed by atoms with Crippen LogP contribution in [0.2, 0.25) is 0 Å². The van der Waals surface area contributed by atoms with Crippen molar-refractivity contribution in [3.63, 3.8) is 0 Å². The fourth-order valence-electron chi connectivity index (χ4n) is 4.71. The van der Waals surface area contributed by atoms with Crippen LogP contribution in [0.15, 0.2) is 36.0 Å². The number of phenolic OH excluding ortho intramolecular Hbond substituents is 1. The van der Waals surface area contributed by atoms with Gasteiger partial charge in [0.15, 0.2) is 0 Å². The van der Waals surface area contributed by atoms with E-state index in [4.69, 9.17) is 54.1 Å². The molecule has 0 bridgehead atoms. The number of nitrogens with zero attached hydrogens (tertiary/aromatic N) is 2. The maximum absolute atomic E-state index is 10.6. The Bertz CT molecular complexity index is 1180. The molecule has 334 valence electrons. The third kappa shape index (κ3) is 29.6. The highest BCUT2D eigenvalue weighted by molar-refractivity contribution is 6.01. The minimum absolute atomic E-state index is 0.0567. The normalized spacial score (nSPS) is 17.7. The number of aromatic hydroxyl groups is 1. The van der Waals surface area contributed by atoms with E-state index in [9.17, 15) is 24.6 Å². The lowest BCUT2D eigenvalue weighted by molar-refractivity contribution is -0.309. The molecule has 20 nitrogen and oxygen atoms in total. The number of aliphatic hydroxyl groups is 2. The largest absolute Gasteiger partial charge is 0.508 e. The maximum Gasteiger partial charge on any atom is 0.321 e. The van der Waals surface area contributed by atoms with E-state index in [-0.39, 0.29) is 49.5 Å². The molecule has 3 unspecified atom stereocenters. The molecule has 2 heterocycles. The van der Waals surface area contributed by atoms with E-state index in [1.165, 1.54) is 5.57 Å². The Morgan fingerprint density at radius 3 is 1.78 bits per heavy atom. The quantitative estimate of drug-likeness (QED) is 0.0160. The van der Waals surface area contributed by atoms with Crippen molar-refractivity contribution in [1.82, 2.24) is 10.3 Å². The Labute approximate surface area is 340 Å². The average Bonchev–Trinajstić information content (AvgIpc) is 3.54. The Morgan fingerprint density at radius 1 is 0.828 bits per heavy atom. The summed E-state index contributed by atoms with van der Waals surface area (Å²) >= 11 is 0. The Morgan fingerprint density at radius 2 is 1.33 bits per heavy atom. The third-order valence-electron chi connectivity index (χ3n) is 7.63. The maximum atomic E-state index is 10.6. The van der Waals surface area contributed by atoms with Crippen LogP contribution in [0.3, 0.4) is 0 Å². The van der Waals surface area contributed by atoms with E-state index >= 15 is 0 Å². The Kier molecular flexibility index (Phi) is 35.3. The molecule has 3 rings (SSSR count). The lowest BCUT2D eigenvalue weighted by Crippen LogP contribution is -2.42. The number of carbonyl (C=O) groups is 3. The molecule has 58 heavy (non-hydrogen) atoms. The van der Waals surface area contributed by atoms with Crippen molar-refractivity contribution in [2.75, 3.05) is 97.8 Å². The number of anilines is 1. The van der Waals surface area contributed by atoms with Gasteiger partial charge in [0.1, 0.15) is 11.9 Å². The predicted octanol–water partition coefficient (Wildman–Crippen LogP) is 2.45. The van der Waals surface area contributed by atoms with Gasteiger partial charge in [-0.2, -0.15) is 0 Å². The number of carbonyl (C=O) groups excluding carboxylic acids is 3. The number of nitrogens with one attached hydrogen (secondary N) is 2. The second-order valence-corrected chi connectivity index (χ2v) is 12.4. The van der Waals surface area contributed by atoms with Gasteiger partial charge in [-0.05, 0) is 55.8 Å². The molecular formula is C38H66N4O16. The number of hydrogen-bond donors (Lipinski definition) is 7. The van der Waals surface area contributed by atoms with E-state index in [0.29, 0.717) is 90.6 Å². The number of benzene rings is 1. The zero-order valence-corrected chi connectivity index (χ0v) is 33.9. The molecule has 2 saturated heterocycles. The highest BCUT2D eigenvalue weighted by atomic mass is 16.8. The smallest absolute Gasteiger partial charge is 0.321 e. The van der Waals surface area contributed by atoms with Crippen LogP contribution < -0.4 is 5.32 Å². The van der Waals surface area contributed by atoms with E-state index in [1.807, 2.05) is 18.3 Å². The number of phenols is 1. The van der Waals surface area contributed by atoms with Crippen LogP contribution in [0.25, 0.3) is 0 Å². The number of imide groups is 1. The van der Waals surface area contributed by atoms with Crippen molar-refractivity contribution >= 4 is 30.7 Å². The molecule has 0 radical (unpaired) electrons. The van der Waals surface area contributed by atoms with E-state index in [0.717, 1.165) is 31.6 Å². The minimum Gasteiger partial charge on any atom is -0.508 e. The van der Waals surface area contributed by atoms with Gasteiger partial charge in [0.25, 0.3) is 11.8 Å². The summed E-state index contributed by atoms with van der Waals surface area (Å²) in [4.78, 5) is 35.0. The summed E-state index contributed by atoms with van der Waals surface area (Å²) in [6, 6.07) is 6.98. The van der Waals surface area contributed by atoms with Crippen LogP contribution in [-0.4, -0.2) is 172 Å². The first-order chi connectivity index (χ1) is 28.1. The van der Waals surface area contributed by atoms with Crippen molar-refractivity contribution in [1.29, 1.82) is 5.41 Å². The number of ether oxygens (including phenoxy) is 7. The van der Waals surface area contributed by atoms with Gasteiger partial charge in [0.2, 0.25) is 0 Å². The van der Waals surface area contributed by atoms with Gasteiger partial charge in [-0.3, -0.25) is 24.8 Å². The fraction of sp³-hybridized carbons (Fsp3) is 0.684. The van der Waals surface area contributed by atoms with E-state index in [1.54, 1.807) is 12.1 Å². The van der Waals surface area contributed by atoms with Crippen molar-refractivity contribution < 1.29 is 78.1 Å². The van der Waals surface area contributed by atoms with Crippen molar-refractivity contribution in [3.05, 3.63) is 36.0 Å². The lowest BCUT2D eigenvalue weighted by Gasteiger charge is -2.30. The van der Waals surface area contributed by atoms with Crippen molar-refractivity contribution in [2.45, 2.75) is 77.1 Å². The molecule has 3 atom stereocenters. The fourth-order valence-corrected chi connectivity index (χ4v) is 4.71. The summed E-state index contributed by atoms with van der Waals surface area (Å²) in [5, 5.41) is 53.8. The number of hydrogen-bond acceptors (Lipinski definition) is 19. The molecule has 7 N–H and O–H groups in total. The molecule has 2 aliphatic heterocycles. The second kappa shape index (κ2) is 37.6. The molecule has 0 saturated carbocycles. The van der Waals surface area contributed by atoms with Gasteiger partial charge in [-0.15, -0.1) is 5.06 Å². The van der Waals surface area contributed by atoms with Gasteiger partial charge in [-0.1, -0.05) is 25.5 Å². The first-order valence-electron chi connectivity index (χ1n) is 19.3. The SMILES string of the molecule is C=N.CCCOCCOCCOCCOCCOCCOC/C(=C/Nc1ccc(O)cc1)CCC.O=CON1C(=O)CCC1=O.OC1COC(CCN(O)O)CC1O. The summed E-state index contributed by atoms with van der Waals surface area (Å²) in [6.07, 6.45) is 4.19. The van der Waals surface area contributed by atoms with Gasteiger partial charge in [0, 0.05) is 37.8 Å². The summed E-state index contributed by atoms with van der Waals surface area (Å²) in [7, 11) is 0. The molecule has 1 aromatic rings. The Balaban J connectivity index is 0.00000105. The van der Waals surface area contributed by atoms with Crippen LogP contribution in [0.1, 0.15) is 58.8 Å². The van der Waals surface area contributed by atoms with Crippen LogP contribution in [0, 0.1) is 5.41 Å². The molecule has 0 aliphatic carbocycles. The number of hydroxylamine groups is 4. The van der Waals surface area contributed by atoms with Gasteiger partial charge < -0.3 is 64.0 Å².